The van der Waals surface area contributed by atoms with Gasteiger partial charge >= 0.3 is 0 Å². The van der Waals surface area contributed by atoms with Crippen LogP contribution in [0.3, 0.4) is 0 Å². The third-order valence-electron chi connectivity index (χ3n) is 4.44. The average Bonchev–Trinajstić information content (AvgIpc) is 2.46. The van der Waals surface area contributed by atoms with Crippen LogP contribution in [0, 0.1) is 5.41 Å². The van der Waals surface area contributed by atoms with Crippen molar-refractivity contribution < 1.29 is 4.74 Å². The quantitative estimate of drug-likeness (QED) is 0.877. The van der Waals surface area contributed by atoms with Crippen molar-refractivity contribution in [2.45, 2.75) is 32.6 Å². The number of ether oxygens (including phenoxy) is 1. The maximum absolute atomic E-state index is 6.18. The predicted molar refractivity (Wildman–Crippen MR) is 79.0 cm³/mol. The van der Waals surface area contributed by atoms with Crippen molar-refractivity contribution in [1.29, 1.82) is 0 Å². The number of fused-ring (bicyclic) bond motifs is 1. The molecular formula is C16H24N2O. The summed E-state index contributed by atoms with van der Waals surface area (Å²) in [4.78, 5) is 0. The number of anilines is 1. The van der Waals surface area contributed by atoms with E-state index in [9.17, 15) is 0 Å². The lowest BCUT2D eigenvalue weighted by Gasteiger charge is -2.34. The molecule has 2 aliphatic rings. The van der Waals surface area contributed by atoms with E-state index in [1.54, 1.807) is 0 Å². The largest absolute Gasteiger partial charge is 0.493 e. The molecule has 0 spiro atoms. The molecule has 1 saturated heterocycles. The fourth-order valence-electron chi connectivity index (χ4n) is 3.04. The van der Waals surface area contributed by atoms with Gasteiger partial charge in [0.05, 0.1) is 6.61 Å². The van der Waals surface area contributed by atoms with Crippen molar-refractivity contribution in [2.24, 2.45) is 5.41 Å². The summed E-state index contributed by atoms with van der Waals surface area (Å²) >= 11 is 0. The molecular weight excluding hydrogens is 236 g/mol. The summed E-state index contributed by atoms with van der Waals surface area (Å²) in [5.41, 5.74) is 2.96. The van der Waals surface area contributed by atoms with Crippen molar-refractivity contribution in [3.63, 3.8) is 0 Å². The Balaban J connectivity index is 1.69. The van der Waals surface area contributed by atoms with Crippen molar-refractivity contribution in [2.75, 3.05) is 31.6 Å². The van der Waals surface area contributed by atoms with Crippen LogP contribution in [0.5, 0.6) is 5.75 Å². The van der Waals surface area contributed by atoms with Gasteiger partial charge in [0.25, 0.3) is 0 Å². The molecule has 0 amide bonds. The number of benzene rings is 1. The molecule has 2 heterocycles. The second-order valence-corrected chi connectivity index (χ2v) is 6.16. The smallest absolute Gasteiger partial charge is 0.124 e. The van der Waals surface area contributed by atoms with Gasteiger partial charge in [-0.05, 0) is 50.9 Å². The Morgan fingerprint density at radius 2 is 2.05 bits per heavy atom. The van der Waals surface area contributed by atoms with Crippen LogP contribution in [0.4, 0.5) is 5.69 Å². The highest BCUT2D eigenvalue weighted by Crippen LogP contribution is 2.33. The van der Waals surface area contributed by atoms with E-state index in [2.05, 4.69) is 35.8 Å². The molecule has 0 saturated carbocycles. The molecule has 3 heteroatoms. The standard InChI is InChI=1S/C16H24N2O/c1-16(7-10-17-11-8-16)12-19-15-6-2-5-14-13(15)4-3-9-18-14/h2,5-6,17-18H,3-4,7-12H2,1H3. The van der Waals surface area contributed by atoms with Gasteiger partial charge in [-0.3, -0.25) is 0 Å². The Kier molecular flexibility index (Phi) is 3.65. The SMILES string of the molecule is CC1(COc2cccc3c2CCCN3)CCNCC1. The van der Waals surface area contributed by atoms with E-state index in [1.165, 1.54) is 30.5 Å². The summed E-state index contributed by atoms with van der Waals surface area (Å²) in [6.45, 7) is 6.51. The summed E-state index contributed by atoms with van der Waals surface area (Å²) in [7, 11) is 0. The van der Waals surface area contributed by atoms with Crippen LogP contribution in [0.2, 0.25) is 0 Å². The highest BCUT2D eigenvalue weighted by atomic mass is 16.5. The minimum absolute atomic E-state index is 0.329. The first-order valence-electron chi connectivity index (χ1n) is 7.46. The normalized spacial score (nSPS) is 21.3. The molecule has 104 valence electrons. The van der Waals surface area contributed by atoms with E-state index in [1.807, 2.05) is 0 Å². The van der Waals surface area contributed by atoms with Crippen molar-refractivity contribution >= 4 is 5.69 Å². The number of nitrogens with one attached hydrogen (secondary N) is 2. The van der Waals surface area contributed by atoms with Crippen LogP contribution < -0.4 is 15.4 Å². The van der Waals surface area contributed by atoms with Gasteiger partial charge in [-0.15, -0.1) is 0 Å². The van der Waals surface area contributed by atoms with Crippen molar-refractivity contribution in [3.8, 4) is 5.75 Å². The third kappa shape index (κ3) is 2.86. The lowest BCUT2D eigenvalue weighted by molar-refractivity contribution is 0.123. The van der Waals surface area contributed by atoms with Crippen LogP contribution in [-0.2, 0) is 6.42 Å². The second-order valence-electron chi connectivity index (χ2n) is 6.16. The van der Waals surface area contributed by atoms with Gasteiger partial charge in [-0.1, -0.05) is 13.0 Å². The van der Waals surface area contributed by atoms with Crippen LogP contribution in [0.25, 0.3) is 0 Å². The van der Waals surface area contributed by atoms with E-state index >= 15 is 0 Å². The van der Waals surface area contributed by atoms with Crippen LogP contribution in [0.1, 0.15) is 31.7 Å². The van der Waals surface area contributed by atoms with E-state index in [4.69, 9.17) is 4.74 Å². The molecule has 3 rings (SSSR count). The molecule has 3 nitrogen and oxygen atoms in total. The summed E-state index contributed by atoms with van der Waals surface area (Å²) in [6, 6.07) is 6.38. The Morgan fingerprint density at radius 3 is 2.89 bits per heavy atom. The van der Waals surface area contributed by atoms with Gasteiger partial charge in [-0.2, -0.15) is 0 Å². The summed E-state index contributed by atoms with van der Waals surface area (Å²) < 4.78 is 6.18. The molecule has 0 bridgehead atoms. The summed E-state index contributed by atoms with van der Waals surface area (Å²) in [5, 5.41) is 6.88. The highest BCUT2D eigenvalue weighted by molar-refractivity contribution is 5.59. The lowest BCUT2D eigenvalue weighted by atomic mass is 9.82. The minimum Gasteiger partial charge on any atom is -0.493 e. The van der Waals surface area contributed by atoms with Gasteiger partial charge in [0.15, 0.2) is 0 Å². The Labute approximate surface area is 115 Å². The molecule has 0 aromatic heterocycles. The van der Waals surface area contributed by atoms with Crippen molar-refractivity contribution in [3.05, 3.63) is 23.8 Å². The van der Waals surface area contributed by atoms with Gasteiger partial charge in [0.1, 0.15) is 5.75 Å². The zero-order valence-corrected chi connectivity index (χ0v) is 11.8. The first kappa shape index (κ1) is 12.8. The van der Waals surface area contributed by atoms with E-state index in [0.29, 0.717) is 5.41 Å². The zero-order chi connectivity index (χ0) is 13.1. The first-order chi connectivity index (χ1) is 9.27. The average molecular weight is 260 g/mol. The van der Waals surface area contributed by atoms with E-state index in [-0.39, 0.29) is 0 Å². The Morgan fingerprint density at radius 1 is 1.21 bits per heavy atom. The number of hydrogen-bond donors (Lipinski definition) is 2. The molecule has 0 radical (unpaired) electrons. The highest BCUT2D eigenvalue weighted by Gasteiger charge is 2.28. The molecule has 2 aliphatic heterocycles. The summed E-state index contributed by atoms with van der Waals surface area (Å²) in [6.07, 6.45) is 4.76. The molecule has 1 aromatic rings. The minimum atomic E-state index is 0.329. The third-order valence-corrected chi connectivity index (χ3v) is 4.44. The van der Waals surface area contributed by atoms with Gasteiger partial charge in [0, 0.05) is 23.2 Å². The topological polar surface area (TPSA) is 33.3 Å². The molecule has 1 fully saturated rings. The van der Waals surface area contributed by atoms with Gasteiger partial charge < -0.3 is 15.4 Å². The monoisotopic (exact) mass is 260 g/mol. The van der Waals surface area contributed by atoms with Crippen LogP contribution in [0.15, 0.2) is 18.2 Å². The summed E-state index contributed by atoms with van der Waals surface area (Å²) in [5.74, 6) is 1.09. The molecule has 19 heavy (non-hydrogen) atoms. The van der Waals surface area contributed by atoms with Crippen molar-refractivity contribution in [1.82, 2.24) is 5.32 Å². The Bertz CT molecular complexity index is 438. The first-order valence-corrected chi connectivity index (χ1v) is 7.46. The van der Waals surface area contributed by atoms with E-state index < -0.39 is 0 Å². The molecule has 2 N–H and O–H groups in total. The molecule has 0 unspecified atom stereocenters. The van der Waals surface area contributed by atoms with Crippen LogP contribution >= 0.6 is 0 Å². The maximum atomic E-state index is 6.18. The zero-order valence-electron chi connectivity index (χ0n) is 11.8. The fourth-order valence-corrected chi connectivity index (χ4v) is 3.04. The predicted octanol–water partition coefficient (Wildman–Crippen LogP) is 2.81. The molecule has 0 atom stereocenters. The Hall–Kier alpha value is -1.22. The van der Waals surface area contributed by atoms with Gasteiger partial charge in [0.2, 0.25) is 0 Å². The van der Waals surface area contributed by atoms with Crippen LogP contribution in [-0.4, -0.2) is 26.2 Å². The lowest BCUT2D eigenvalue weighted by Crippen LogP contribution is -2.38. The fraction of sp³-hybridized carbons (Fsp3) is 0.625. The number of piperidine rings is 1. The molecule has 0 aliphatic carbocycles. The van der Waals surface area contributed by atoms with E-state index in [0.717, 1.165) is 38.4 Å². The number of rotatable bonds is 3. The number of hydrogen-bond acceptors (Lipinski definition) is 3. The molecule has 1 aromatic carbocycles. The van der Waals surface area contributed by atoms with Gasteiger partial charge in [-0.25, -0.2) is 0 Å². The second kappa shape index (κ2) is 5.41. The maximum Gasteiger partial charge on any atom is 0.124 e.